The topological polar surface area (TPSA) is 87.7 Å². The van der Waals surface area contributed by atoms with Crippen LogP contribution in [-0.4, -0.2) is 42.1 Å². The number of carbonyl (C=O) groups is 1. The minimum absolute atomic E-state index is 0.268. The van der Waals surface area contributed by atoms with Crippen molar-refractivity contribution in [3.8, 4) is 16.9 Å². The summed E-state index contributed by atoms with van der Waals surface area (Å²) in [6.07, 6.45) is 12.0. The molecule has 4 aromatic rings. The van der Waals surface area contributed by atoms with Crippen molar-refractivity contribution in [3.05, 3.63) is 52.7 Å². The van der Waals surface area contributed by atoms with Gasteiger partial charge >= 0.3 is 5.97 Å². The van der Waals surface area contributed by atoms with Crippen molar-refractivity contribution < 1.29 is 9.53 Å². The molecule has 0 aromatic carbocycles. The highest BCUT2D eigenvalue weighted by atomic mass is 35.5. The molecule has 0 spiro atoms. The molecule has 202 valence electrons. The van der Waals surface area contributed by atoms with E-state index in [1.807, 2.05) is 42.1 Å². The summed E-state index contributed by atoms with van der Waals surface area (Å²) in [4.78, 5) is 18.0. The van der Waals surface area contributed by atoms with E-state index in [-0.39, 0.29) is 12.3 Å². The van der Waals surface area contributed by atoms with Crippen molar-refractivity contribution in [2.45, 2.75) is 65.8 Å². The van der Waals surface area contributed by atoms with E-state index in [0.717, 1.165) is 52.1 Å². The van der Waals surface area contributed by atoms with Gasteiger partial charge in [0.1, 0.15) is 5.82 Å². The number of fused-ring (bicyclic) bond motifs is 1. The Bertz CT molecular complexity index is 1570. The molecule has 0 aliphatic heterocycles. The second-order valence-corrected chi connectivity index (χ2v) is 12.4. The molecule has 4 aliphatic rings. The second-order valence-electron chi connectivity index (χ2n) is 12.0. The zero-order valence-electron chi connectivity index (χ0n) is 22.7. The number of esters is 1. The van der Waals surface area contributed by atoms with Crippen LogP contribution >= 0.6 is 11.6 Å². The minimum atomic E-state index is -0.454. The lowest BCUT2D eigenvalue weighted by Crippen LogP contribution is -2.48. The van der Waals surface area contributed by atoms with Gasteiger partial charge in [-0.3, -0.25) is 9.25 Å². The lowest BCUT2D eigenvalue weighted by Gasteiger charge is -2.56. The zero-order valence-corrected chi connectivity index (χ0v) is 23.4. The summed E-state index contributed by atoms with van der Waals surface area (Å²) < 4.78 is 9.43. The van der Waals surface area contributed by atoms with E-state index >= 15 is 0 Å². The number of rotatable bonds is 6. The van der Waals surface area contributed by atoms with Crippen LogP contribution < -0.4 is 0 Å². The Labute approximate surface area is 232 Å². The maximum Gasteiger partial charge on any atom is 0.357 e. The highest BCUT2D eigenvalue weighted by Crippen LogP contribution is 2.60. The lowest BCUT2D eigenvalue weighted by molar-refractivity contribution is -0.0638. The standard InChI is InChI=1S/C30H33ClN6O2/c1-4-39-29(38)26-23(5-6-25(33-26)36-8-7-22-17(2)27(31)34-35-28(22)36)24-15-32-37(18(24)3)16-30-12-19-9-20(13-30)11-21(10-19)14-30/h5-8,15,19-21H,4,9-14,16H2,1-3H3. The van der Waals surface area contributed by atoms with Crippen molar-refractivity contribution in [3.63, 3.8) is 0 Å². The third-order valence-electron chi connectivity index (χ3n) is 9.45. The number of aryl methyl sites for hydroxylation is 1. The molecule has 0 saturated heterocycles. The van der Waals surface area contributed by atoms with Crippen molar-refractivity contribution >= 4 is 28.6 Å². The van der Waals surface area contributed by atoms with E-state index in [0.29, 0.717) is 22.0 Å². The number of aromatic nitrogens is 6. The molecule has 0 unspecified atom stereocenters. The Hall–Kier alpha value is -3.26. The molecule has 4 saturated carbocycles. The Kier molecular flexibility index (Phi) is 5.81. The summed E-state index contributed by atoms with van der Waals surface area (Å²) >= 11 is 6.18. The molecule has 8 nitrogen and oxygen atoms in total. The van der Waals surface area contributed by atoms with Crippen LogP contribution in [-0.2, 0) is 11.3 Å². The van der Waals surface area contributed by atoms with E-state index in [2.05, 4.69) is 21.8 Å². The summed E-state index contributed by atoms with van der Waals surface area (Å²) in [7, 11) is 0. The molecular weight excluding hydrogens is 512 g/mol. The van der Waals surface area contributed by atoms with E-state index in [1.54, 1.807) is 6.92 Å². The third-order valence-corrected chi connectivity index (χ3v) is 9.80. The number of pyridine rings is 1. The fourth-order valence-electron chi connectivity index (χ4n) is 8.11. The van der Waals surface area contributed by atoms with E-state index in [4.69, 9.17) is 26.4 Å². The second kappa shape index (κ2) is 9.15. The first-order valence-electron chi connectivity index (χ1n) is 14.1. The van der Waals surface area contributed by atoms with Gasteiger partial charge in [-0.1, -0.05) is 11.6 Å². The Morgan fingerprint density at radius 1 is 1.05 bits per heavy atom. The first kappa shape index (κ1) is 24.8. The van der Waals surface area contributed by atoms with E-state index < -0.39 is 5.97 Å². The van der Waals surface area contributed by atoms with Gasteiger partial charge in [0.2, 0.25) is 0 Å². The first-order valence-corrected chi connectivity index (χ1v) is 14.4. The summed E-state index contributed by atoms with van der Waals surface area (Å²) in [5.41, 5.74) is 4.83. The average Bonchev–Trinajstić information content (AvgIpc) is 3.49. The Balaban J connectivity index is 1.26. The normalized spacial score (nSPS) is 25.5. The van der Waals surface area contributed by atoms with Gasteiger partial charge in [-0.15, -0.1) is 10.2 Å². The fourth-order valence-corrected chi connectivity index (χ4v) is 8.25. The predicted octanol–water partition coefficient (Wildman–Crippen LogP) is 6.34. The molecule has 8 rings (SSSR count). The van der Waals surface area contributed by atoms with Gasteiger partial charge < -0.3 is 4.74 Å². The monoisotopic (exact) mass is 544 g/mol. The molecule has 0 radical (unpaired) electrons. The van der Waals surface area contributed by atoms with Crippen LogP contribution in [0, 0.1) is 37.0 Å². The molecule has 4 aliphatic carbocycles. The van der Waals surface area contributed by atoms with E-state index in [1.165, 1.54) is 38.5 Å². The number of ether oxygens (including phenoxy) is 1. The van der Waals surface area contributed by atoms with Crippen LogP contribution in [0.5, 0.6) is 0 Å². The maximum atomic E-state index is 13.2. The van der Waals surface area contributed by atoms with Gasteiger partial charge in [-0.2, -0.15) is 5.10 Å². The molecule has 4 heterocycles. The Morgan fingerprint density at radius 3 is 2.46 bits per heavy atom. The number of nitrogens with zero attached hydrogens (tertiary/aromatic N) is 6. The summed E-state index contributed by atoms with van der Waals surface area (Å²) in [6, 6.07) is 5.78. The average molecular weight is 545 g/mol. The number of carbonyl (C=O) groups excluding carboxylic acids is 1. The lowest BCUT2D eigenvalue weighted by atomic mass is 9.49. The van der Waals surface area contributed by atoms with Gasteiger partial charge in [0.15, 0.2) is 16.5 Å². The smallest absolute Gasteiger partial charge is 0.357 e. The predicted molar refractivity (Wildman–Crippen MR) is 149 cm³/mol. The van der Waals surface area contributed by atoms with Gasteiger partial charge in [0.25, 0.3) is 0 Å². The highest BCUT2D eigenvalue weighted by Gasteiger charge is 2.51. The van der Waals surface area contributed by atoms with Gasteiger partial charge in [-0.25, -0.2) is 9.78 Å². The van der Waals surface area contributed by atoms with Gasteiger partial charge in [0.05, 0.1) is 12.8 Å². The van der Waals surface area contributed by atoms with Crippen molar-refractivity contribution in [1.82, 2.24) is 29.5 Å². The van der Waals surface area contributed by atoms with Crippen molar-refractivity contribution in [1.29, 1.82) is 0 Å². The summed E-state index contributed by atoms with van der Waals surface area (Å²) in [5, 5.41) is 14.5. The van der Waals surface area contributed by atoms with Crippen LogP contribution in [0.3, 0.4) is 0 Å². The molecule has 0 amide bonds. The Morgan fingerprint density at radius 2 is 1.77 bits per heavy atom. The van der Waals surface area contributed by atoms with Gasteiger partial charge in [0, 0.05) is 34.9 Å². The quantitative estimate of drug-likeness (QED) is 0.263. The third kappa shape index (κ3) is 4.06. The molecule has 9 heteroatoms. The largest absolute Gasteiger partial charge is 0.461 e. The fraction of sp³-hybridized carbons (Fsp3) is 0.500. The van der Waals surface area contributed by atoms with Crippen LogP contribution in [0.25, 0.3) is 28.0 Å². The molecule has 39 heavy (non-hydrogen) atoms. The first-order chi connectivity index (χ1) is 18.8. The molecule has 4 fully saturated rings. The van der Waals surface area contributed by atoms with Gasteiger partial charge in [-0.05, 0) is 106 Å². The summed E-state index contributed by atoms with van der Waals surface area (Å²) in [6.45, 7) is 7.04. The SMILES string of the molecule is CCOC(=O)c1nc(-n2ccc3c(C)c(Cl)nnc32)ccc1-c1cnn(CC23CC4CC(CC(C4)C2)C3)c1C. The molecule has 0 atom stereocenters. The highest BCUT2D eigenvalue weighted by molar-refractivity contribution is 6.30. The van der Waals surface area contributed by atoms with Crippen LogP contribution in [0.1, 0.15) is 67.2 Å². The van der Waals surface area contributed by atoms with Crippen LogP contribution in [0.4, 0.5) is 0 Å². The molecular formula is C30H33ClN6O2. The minimum Gasteiger partial charge on any atom is -0.461 e. The van der Waals surface area contributed by atoms with E-state index in [9.17, 15) is 4.79 Å². The van der Waals surface area contributed by atoms with Crippen LogP contribution in [0.2, 0.25) is 5.15 Å². The van der Waals surface area contributed by atoms with Crippen molar-refractivity contribution in [2.24, 2.45) is 23.2 Å². The number of hydrogen-bond acceptors (Lipinski definition) is 6. The van der Waals surface area contributed by atoms with Crippen LogP contribution in [0.15, 0.2) is 30.6 Å². The summed E-state index contributed by atoms with van der Waals surface area (Å²) in [5.74, 6) is 2.80. The molecule has 0 N–H and O–H groups in total. The zero-order chi connectivity index (χ0) is 26.9. The van der Waals surface area contributed by atoms with Crippen molar-refractivity contribution in [2.75, 3.05) is 6.61 Å². The maximum absolute atomic E-state index is 13.2. The number of hydrogen-bond donors (Lipinski definition) is 0. The number of halogens is 1. The molecule has 4 aromatic heterocycles. The molecule has 4 bridgehead atoms.